The predicted molar refractivity (Wildman–Crippen MR) is 93.4 cm³/mol. The lowest BCUT2D eigenvalue weighted by Crippen LogP contribution is -2.41. The van der Waals surface area contributed by atoms with Gasteiger partial charge in [0.15, 0.2) is 0 Å². The fourth-order valence-corrected chi connectivity index (χ4v) is 5.81. The molecule has 2 aliphatic rings. The molecular formula is C18H25NO5S. The Morgan fingerprint density at radius 3 is 2.76 bits per heavy atom. The minimum Gasteiger partial charge on any atom is -0.478 e. The Hall–Kier alpha value is -1.44. The van der Waals surface area contributed by atoms with Crippen molar-refractivity contribution in [1.82, 2.24) is 4.31 Å². The van der Waals surface area contributed by atoms with E-state index in [-0.39, 0.29) is 16.4 Å². The molecule has 1 N–H and O–H groups in total. The van der Waals surface area contributed by atoms with Gasteiger partial charge in [0.2, 0.25) is 10.0 Å². The van der Waals surface area contributed by atoms with Crippen molar-refractivity contribution in [2.45, 2.75) is 43.4 Å². The number of hydrogen-bond acceptors (Lipinski definition) is 4. The van der Waals surface area contributed by atoms with Gasteiger partial charge in [0.1, 0.15) is 0 Å². The number of carbonyl (C=O) groups is 1. The first kappa shape index (κ1) is 18.4. The Morgan fingerprint density at radius 2 is 2.04 bits per heavy atom. The fourth-order valence-electron chi connectivity index (χ4n) is 3.94. The number of aromatic carboxylic acids is 1. The Kier molecular flexibility index (Phi) is 5.46. The minimum atomic E-state index is -3.70. The van der Waals surface area contributed by atoms with Gasteiger partial charge in [0.05, 0.1) is 17.1 Å². The first-order chi connectivity index (χ1) is 11.9. The van der Waals surface area contributed by atoms with Crippen molar-refractivity contribution in [2.24, 2.45) is 5.92 Å². The van der Waals surface area contributed by atoms with Crippen molar-refractivity contribution in [2.75, 3.05) is 26.8 Å². The molecule has 6 nitrogen and oxygen atoms in total. The molecule has 0 aromatic heterocycles. The van der Waals surface area contributed by atoms with Gasteiger partial charge in [-0.05, 0) is 67.7 Å². The molecule has 0 spiro atoms. The summed E-state index contributed by atoms with van der Waals surface area (Å²) in [5.74, 6) is -0.896. The summed E-state index contributed by atoms with van der Waals surface area (Å²) in [4.78, 5) is 11.6. The smallest absolute Gasteiger partial charge is 0.335 e. The van der Waals surface area contributed by atoms with Gasteiger partial charge < -0.3 is 9.84 Å². The number of carboxylic acid groups (broad SMARTS) is 1. The van der Waals surface area contributed by atoms with Crippen LogP contribution in [0.3, 0.4) is 0 Å². The SMILES string of the molecule is COCC1CCCN(S(=O)(=O)c2cc(C(=O)O)cc3c2CCCC3)C1. The topological polar surface area (TPSA) is 83.9 Å². The molecule has 1 saturated heterocycles. The standard InChI is InChI=1S/C18H25NO5S/c1-24-12-13-5-4-8-19(11-13)25(22,23)17-10-15(18(20)21)9-14-6-2-3-7-16(14)17/h9-10,13H,2-8,11-12H2,1H3,(H,20,21). The molecule has 1 unspecified atom stereocenters. The highest BCUT2D eigenvalue weighted by Crippen LogP contribution is 2.32. The molecular weight excluding hydrogens is 342 g/mol. The zero-order valence-corrected chi connectivity index (χ0v) is 15.3. The molecule has 1 aliphatic heterocycles. The van der Waals surface area contributed by atoms with E-state index in [2.05, 4.69) is 0 Å². The highest BCUT2D eigenvalue weighted by atomic mass is 32.2. The monoisotopic (exact) mass is 367 g/mol. The lowest BCUT2D eigenvalue weighted by Gasteiger charge is -2.32. The zero-order valence-electron chi connectivity index (χ0n) is 14.5. The van der Waals surface area contributed by atoms with Crippen LogP contribution >= 0.6 is 0 Å². The Labute approximate surface area is 148 Å². The minimum absolute atomic E-state index is 0.0599. The fraction of sp³-hybridized carbons (Fsp3) is 0.611. The number of rotatable bonds is 5. The molecule has 7 heteroatoms. The van der Waals surface area contributed by atoms with Crippen molar-refractivity contribution in [3.63, 3.8) is 0 Å². The van der Waals surface area contributed by atoms with E-state index in [1.54, 1.807) is 13.2 Å². The van der Waals surface area contributed by atoms with Crippen LogP contribution in [-0.4, -0.2) is 50.6 Å². The number of fused-ring (bicyclic) bond motifs is 1. The number of aryl methyl sites for hydroxylation is 1. The van der Waals surface area contributed by atoms with Crippen LogP contribution in [0.15, 0.2) is 17.0 Å². The molecule has 0 amide bonds. The summed E-state index contributed by atoms with van der Waals surface area (Å²) in [7, 11) is -2.07. The average molecular weight is 367 g/mol. The van der Waals surface area contributed by atoms with Gasteiger partial charge in [-0.25, -0.2) is 13.2 Å². The van der Waals surface area contributed by atoms with Gasteiger partial charge in [-0.1, -0.05) is 0 Å². The Balaban J connectivity index is 2.01. The largest absolute Gasteiger partial charge is 0.478 e. The summed E-state index contributed by atoms with van der Waals surface area (Å²) in [6.07, 6.45) is 5.09. The van der Waals surface area contributed by atoms with Gasteiger partial charge in [-0.3, -0.25) is 0 Å². The average Bonchev–Trinajstić information content (AvgIpc) is 2.61. The molecule has 1 fully saturated rings. The molecule has 1 aromatic rings. The third-order valence-electron chi connectivity index (χ3n) is 5.17. The van der Waals surface area contributed by atoms with Crippen molar-refractivity contribution in [3.8, 4) is 0 Å². The third-order valence-corrected chi connectivity index (χ3v) is 7.10. The summed E-state index contributed by atoms with van der Waals surface area (Å²) < 4.78 is 33.3. The van der Waals surface area contributed by atoms with Crippen LogP contribution in [0, 0.1) is 5.92 Å². The van der Waals surface area contributed by atoms with Crippen LogP contribution < -0.4 is 0 Å². The van der Waals surface area contributed by atoms with Crippen LogP contribution in [0.1, 0.15) is 47.2 Å². The Morgan fingerprint density at radius 1 is 1.28 bits per heavy atom. The first-order valence-corrected chi connectivity index (χ1v) is 10.3. The molecule has 138 valence electrons. The van der Waals surface area contributed by atoms with E-state index < -0.39 is 16.0 Å². The number of benzene rings is 1. The van der Waals surface area contributed by atoms with Crippen LogP contribution in [-0.2, 0) is 27.6 Å². The first-order valence-electron chi connectivity index (χ1n) is 8.81. The van der Waals surface area contributed by atoms with Crippen LogP contribution in [0.2, 0.25) is 0 Å². The number of sulfonamides is 1. The van der Waals surface area contributed by atoms with Gasteiger partial charge in [0.25, 0.3) is 0 Å². The zero-order chi connectivity index (χ0) is 18.0. The number of carboxylic acids is 1. The maximum Gasteiger partial charge on any atom is 0.335 e. The van der Waals surface area contributed by atoms with E-state index in [0.717, 1.165) is 43.2 Å². The van der Waals surface area contributed by atoms with Gasteiger partial charge in [-0.15, -0.1) is 0 Å². The quantitative estimate of drug-likeness (QED) is 0.863. The Bertz CT molecular complexity index is 757. The van der Waals surface area contributed by atoms with E-state index in [0.29, 0.717) is 26.1 Å². The third kappa shape index (κ3) is 3.73. The number of hydrogen-bond donors (Lipinski definition) is 1. The van der Waals surface area contributed by atoms with E-state index in [9.17, 15) is 18.3 Å². The van der Waals surface area contributed by atoms with Gasteiger partial charge in [0, 0.05) is 20.2 Å². The number of piperidine rings is 1. The van der Waals surface area contributed by atoms with E-state index in [4.69, 9.17) is 4.74 Å². The number of methoxy groups -OCH3 is 1. The summed E-state index contributed by atoms with van der Waals surface area (Å²) >= 11 is 0. The van der Waals surface area contributed by atoms with E-state index in [1.165, 1.54) is 10.4 Å². The molecule has 0 saturated carbocycles. The van der Waals surface area contributed by atoms with Crippen molar-refractivity contribution < 1.29 is 23.1 Å². The molecule has 0 bridgehead atoms. The second-order valence-electron chi connectivity index (χ2n) is 6.95. The normalized spacial score (nSPS) is 21.7. The second-order valence-corrected chi connectivity index (χ2v) is 8.86. The summed E-state index contributed by atoms with van der Waals surface area (Å²) in [5, 5.41) is 9.37. The lowest BCUT2D eigenvalue weighted by molar-refractivity contribution is 0.0696. The van der Waals surface area contributed by atoms with Crippen molar-refractivity contribution in [3.05, 3.63) is 28.8 Å². The summed E-state index contributed by atoms with van der Waals surface area (Å²) in [5.41, 5.74) is 1.74. The van der Waals surface area contributed by atoms with E-state index >= 15 is 0 Å². The van der Waals surface area contributed by atoms with Gasteiger partial charge >= 0.3 is 5.97 Å². The molecule has 1 aromatic carbocycles. The highest BCUT2D eigenvalue weighted by molar-refractivity contribution is 7.89. The molecule has 0 radical (unpaired) electrons. The molecule has 3 rings (SSSR count). The second kappa shape index (κ2) is 7.43. The molecule has 1 heterocycles. The predicted octanol–water partition coefficient (Wildman–Crippen LogP) is 2.31. The van der Waals surface area contributed by atoms with Crippen molar-refractivity contribution >= 4 is 16.0 Å². The maximum absolute atomic E-state index is 13.3. The lowest BCUT2D eigenvalue weighted by atomic mass is 9.90. The highest BCUT2D eigenvalue weighted by Gasteiger charge is 2.33. The number of nitrogens with zero attached hydrogens (tertiary/aromatic N) is 1. The summed E-state index contributed by atoms with van der Waals surface area (Å²) in [6.45, 7) is 1.45. The van der Waals surface area contributed by atoms with Crippen LogP contribution in [0.5, 0.6) is 0 Å². The molecule has 1 atom stereocenters. The molecule has 1 aliphatic carbocycles. The molecule has 25 heavy (non-hydrogen) atoms. The van der Waals surface area contributed by atoms with Crippen LogP contribution in [0.25, 0.3) is 0 Å². The van der Waals surface area contributed by atoms with Gasteiger partial charge in [-0.2, -0.15) is 4.31 Å². The van der Waals surface area contributed by atoms with E-state index in [1.807, 2.05) is 0 Å². The number of ether oxygens (including phenoxy) is 1. The summed E-state index contributed by atoms with van der Waals surface area (Å²) in [6, 6.07) is 2.99. The van der Waals surface area contributed by atoms with Crippen molar-refractivity contribution in [1.29, 1.82) is 0 Å². The maximum atomic E-state index is 13.3. The van der Waals surface area contributed by atoms with Crippen LogP contribution in [0.4, 0.5) is 0 Å².